The maximum Gasteiger partial charge on any atom is 0.109 e. The summed E-state index contributed by atoms with van der Waals surface area (Å²) in [5, 5.41) is 3.52. The van der Waals surface area contributed by atoms with Crippen LogP contribution in [-0.2, 0) is 0 Å². The van der Waals surface area contributed by atoms with Gasteiger partial charge in [-0.15, -0.1) is 0 Å². The standard InChI is InChI=1S/C19H29Si/c1-10-11(2)15(6)18(14(10)5)20(9)19-16(7)12(3)13(4)17(19)8/h14,16H,1-9H3. The second-order valence-electron chi connectivity index (χ2n) is 6.76. The van der Waals surface area contributed by atoms with E-state index in [9.17, 15) is 0 Å². The van der Waals surface area contributed by atoms with Crippen LogP contribution < -0.4 is 0 Å². The first-order valence-electron chi connectivity index (χ1n) is 7.81. The van der Waals surface area contributed by atoms with Crippen molar-refractivity contribution in [2.24, 2.45) is 11.8 Å². The molecule has 0 aromatic heterocycles. The Kier molecular flexibility index (Phi) is 4.03. The summed E-state index contributed by atoms with van der Waals surface area (Å²) in [4.78, 5) is 0. The zero-order valence-corrected chi connectivity index (χ0v) is 15.7. The van der Waals surface area contributed by atoms with Crippen molar-refractivity contribution in [3.63, 3.8) is 0 Å². The fraction of sp³-hybridized carbons (Fsp3) is 0.579. The summed E-state index contributed by atoms with van der Waals surface area (Å²) in [6.07, 6.45) is 0. The molecule has 109 valence electrons. The Balaban J connectivity index is 2.44. The van der Waals surface area contributed by atoms with E-state index in [-0.39, 0.29) is 0 Å². The number of rotatable bonds is 2. The van der Waals surface area contributed by atoms with Crippen molar-refractivity contribution < 1.29 is 0 Å². The van der Waals surface area contributed by atoms with Gasteiger partial charge < -0.3 is 0 Å². The van der Waals surface area contributed by atoms with Crippen LogP contribution >= 0.6 is 0 Å². The molecule has 2 unspecified atom stereocenters. The molecule has 20 heavy (non-hydrogen) atoms. The molecule has 0 saturated carbocycles. The van der Waals surface area contributed by atoms with E-state index in [1.165, 1.54) is 0 Å². The first kappa shape index (κ1) is 15.6. The van der Waals surface area contributed by atoms with Crippen molar-refractivity contribution in [1.82, 2.24) is 0 Å². The number of allylic oxidation sites excluding steroid dienone is 8. The van der Waals surface area contributed by atoms with Gasteiger partial charge in [0.05, 0.1) is 0 Å². The molecule has 2 aliphatic rings. The molecule has 0 nitrogen and oxygen atoms in total. The minimum Gasteiger partial charge on any atom is -0.0679 e. The summed E-state index contributed by atoms with van der Waals surface area (Å²) in [5.74, 6) is 1.31. The third-order valence-corrected chi connectivity index (χ3v) is 9.32. The fourth-order valence-corrected chi connectivity index (χ4v) is 7.61. The minimum atomic E-state index is -0.594. The van der Waals surface area contributed by atoms with Crippen LogP contribution in [0.15, 0.2) is 43.8 Å². The highest BCUT2D eigenvalue weighted by Gasteiger charge is 2.35. The molecule has 2 rings (SSSR count). The SMILES string of the molecule is CC1=C(C)C(C)C([Si](C)C2=C(C)C(C)=C(C)C2C)=C1C. The van der Waals surface area contributed by atoms with E-state index >= 15 is 0 Å². The van der Waals surface area contributed by atoms with Gasteiger partial charge in [0, 0.05) is 0 Å². The predicted octanol–water partition coefficient (Wildman–Crippen LogP) is 5.79. The molecule has 1 radical (unpaired) electrons. The Morgan fingerprint density at radius 1 is 0.600 bits per heavy atom. The second kappa shape index (κ2) is 5.18. The van der Waals surface area contributed by atoms with Gasteiger partial charge in [-0.3, -0.25) is 0 Å². The molecule has 2 atom stereocenters. The molecule has 0 aliphatic heterocycles. The number of hydrogen-bond acceptors (Lipinski definition) is 0. The second-order valence-corrected chi connectivity index (χ2v) is 9.09. The molecule has 0 amide bonds. The van der Waals surface area contributed by atoms with Crippen LogP contribution in [0.1, 0.15) is 55.4 Å². The van der Waals surface area contributed by atoms with E-state index in [1.807, 2.05) is 0 Å². The van der Waals surface area contributed by atoms with Gasteiger partial charge in [-0.2, -0.15) is 0 Å². The summed E-state index contributed by atoms with van der Waals surface area (Å²) in [7, 11) is -0.594. The molecule has 0 aromatic rings. The molecule has 2 aliphatic carbocycles. The maximum absolute atomic E-state index is 2.52. The lowest BCUT2D eigenvalue weighted by atomic mass is 10.0. The third-order valence-electron chi connectivity index (χ3n) is 6.09. The number of hydrogen-bond donors (Lipinski definition) is 0. The zero-order chi connectivity index (χ0) is 15.4. The van der Waals surface area contributed by atoms with Crippen LogP contribution in [0.3, 0.4) is 0 Å². The van der Waals surface area contributed by atoms with E-state index in [4.69, 9.17) is 0 Å². The van der Waals surface area contributed by atoms with E-state index in [1.54, 1.807) is 43.8 Å². The molecule has 0 bridgehead atoms. The molecule has 0 heterocycles. The van der Waals surface area contributed by atoms with Crippen molar-refractivity contribution in [2.75, 3.05) is 0 Å². The first-order valence-corrected chi connectivity index (χ1v) is 9.81. The maximum atomic E-state index is 2.52. The summed E-state index contributed by atoms with van der Waals surface area (Å²) in [6, 6.07) is 0. The van der Waals surface area contributed by atoms with Gasteiger partial charge in [-0.05, 0) is 64.5 Å². The van der Waals surface area contributed by atoms with Crippen molar-refractivity contribution in [3.8, 4) is 0 Å². The van der Waals surface area contributed by atoms with Gasteiger partial charge in [0.2, 0.25) is 0 Å². The average Bonchev–Trinajstić information content (AvgIpc) is 2.71. The summed E-state index contributed by atoms with van der Waals surface area (Å²) in [6.45, 7) is 21.3. The van der Waals surface area contributed by atoms with Crippen LogP contribution in [0.4, 0.5) is 0 Å². The van der Waals surface area contributed by atoms with Crippen molar-refractivity contribution in [3.05, 3.63) is 43.8 Å². The summed E-state index contributed by atoms with van der Waals surface area (Å²) >= 11 is 0. The van der Waals surface area contributed by atoms with E-state index in [2.05, 4.69) is 61.9 Å². The average molecular weight is 286 g/mol. The van der Waals surface area contributed by atoms with Crippen LogP contribution in [0.5, 0.6) is 0 Å². The largest absolute Gasteiger partial charge is 0.109 e. The molecule has 1 heteroatoms. The minimum absolute atomic E-state index is 0.594. The smallest absolute Gasteiger partial charge is 0.0679 e. The highest BCUT2D eigenvalue weighted by atomic mass is 28.3. The topological polar surface area (TPSA) is 0 Å². The molecule has 0 spiro atoms. The van der Waals surface area contributed by atoms with Crippen LogP contribution in [0, 0.1) is 11.8 Å². The quantitative estimate of drug-likeness (QED) is 0.563. The molecular weight excluding hydrogens is 256 g/mol. The van der Waals surface area contributed by atoms with Gasteiger partial charge in [-0.25, -0.2) is 0 Å². The zero-order valence-electron chi connectivity index (χ0n) is 14.7. The lowest BCUT2D eigenvalue weighted by Crippen LogP contribution is -2.24. The van der Waals surface area contributed by atoms with Gasteiger partial charge >= 0.3 is 0 Å². The Labute approximate surface area is 127 Å². The van der Waals surface area contributed by atoms with Crippen molar-refractivity contribution in [1.29, 1.82) is 0 Å². The van der Waals surface area contributed by atoms with Crippen molar-refractivity contribution in [2.45, 2.75) is 61.9 Å². The monoisotopic (exact) mass is 285 g/mol. The molecular formula is C19H29Si. The Morgan fingerprint density at radius 2 is 0.900 bits per heavy atom. The molecule has 0 N–H and O–H groups in total. The summed E-state index contributed by atoms with van der Waals surface area (Å²) < 4.78 is 0. The summed E-state index contributed by atoms with van der Waals surface area (Å²) in [5.41, 5.74) is 9.44. The molecule has 0 aromatic carbocycles. The van der Waals surface area contributed by atoms with Crippen LogP contribution in [-0.4, -0.2) is 8.80 Å². The third kappa shape index (κ3) is 2.02. The van der Waals surface area contributed by atoms with Gasteiger partial charge in [0.15, 0.2) is 0 Å². The first-order chi connectivity index (χ1) is 9.20. The highest BCUT2D eigenvalue weighted by molar-refractivity contribution is 6.73. The Bertz CT molecular complexity index is 529. The van der Waals surface area contributed by atoms with Gasteiger partial charge in [0.25, 0.3) is 0 Å². The van der Waals surface area contributed by atoms with Crippen LogP contribution in [0.2, 0.25) is 6.55 Å². The Morgan fingerprint density at radius 3 is 1.10 bits per heavy atom. The van der Waals surface area contributed by atoms with E-state index < -0.39 is 8.80 Å². The van der Waals surface area contributed by atoms with Gasteiger partial charge in [0.1, 0.15) is 8.80 Å². The fourth-order valence-electron chi connectivity index (χ4n) is 4.08. The predicted molar refractivity (Wildman–Crippen MR) is 92.1 cm³/mol. The van der Waals surface area contributed by atoms with Crippen LogP contribution in [0.25, 0.3) is 0 Å². The van der Waals surface area contributed by atoms with Crippen molar-refractivity contribution >= 4 is 8.80 Å². The Hall–Kier alpha value is -0.823. The lowest BCUT2D eigenvalue weighted by molar-refractivity contribution is 0.831. The molecule has 0 fully saturated rings. The lowest BCUT2D eigenvalue weighted by Gasteiger charge is -2.24. The normalized spacial score (nSPS) is 27.9. The van der Waals surface area contributed by atoms with E-state index in [0.29, 0.717) is 11.8 Å². The van der Waals surface area contributed by atoms with Gasteiger partial charge in [-0.1, -0.05) is 53.1 Å². The molecule has 0 saturated heterocycles. The highest BCUT2D eigenvalue weighted by Crippen LogP contribution is 2.44. The van der Waals surface area contributed by atoms with E-state index in [0.717, 1.165) is 0 Å².